The van der Waals surface area contributed by atoms with E-state index in [9.17, 15) is 9.59 Å². The van der Waals surface area contributed by atoms with Gasteiger partial charge in [-0.1, -0.05) is 25.7 Å². The fraction of sp³-hybridized carbons (Fsp3) is 0.583. The molecule has 0 radical (unpaired) electrons. The quantitative estimate of drug-likeness (QED) is 0.731. The molecule has 2 heterocycles. The molecule has 0 spiro atoms. The second kappa shape index (κ2) is 9.39. The number of rotatable bonds is 4. The van der Waals surface area contributed by atoms with E-state index in [-0.39, 0.29) is 28.3 Å². The molecule has 2 aromatic rings. The monoisotopic (exact) mass is 429 g/mol. The van der Waals surface area contributed by atoms with E-state index in [1.807, 2.05) is 11.5 Å². The van der Waals surface area contributed by atoms with Gasteiger partial charge < -0.3 is 19.7 Å². The predicted octanol–water partition coefficient (Wildman–Crippen LogP) is 1.95. The third kappa shape index (κ3) is 4.61. The van der Waals surface area contributed by atoms with Gasteiger partial charge in [0.25, 0.3) is 5.91 Å². The van der Waals surface area contributed by atoms with Crippen molar-refractivity contribution in [3.05, 3.63) is 39.9 Å². The third-order valence-corrected chi connectivity index (χ3v) is 6.88. The van der Waals surface area contributed by atoms with Crippen molar-refractivity contribution in [1.82, 2.24) is 9.88 Å². The molecule has 4 rings (SSSR count). The van der Waals surface area contributed by atoms with Crippen LogP contribution in [0, 0.1) is 5.82 Å². The summed E-state index contributed by atoms with van der Waals surface area (Å²) < 4.78 is 17.0. The number of amides is 1. The van der Waals surface area contributed by atoms with Crippen molar-refractivity contribution in [3.63, 3.8) is 0 Å². The largest absolute Gasteiger partial charge is 0.358 e. The van der Waals surface area contributed by atoms with Crippen LogP contribution in [0.3, 0.4) is 0 Å². The Kier molecular flexibility index (Phi) is 6.60. The number of nitrogens with one attached hydrogen (secondary N) is 2. The van der Waals surface area contributed by atoms with Crippen molar-refractivity contribution < 1.29 is 14.1 Å². The Bertz CT molecular complexity index is 1000. The number of carbonyl (C=O) groups excluding carboxylic acids is 1. The first kappa shape index (κ1) is 21.8. The zero-order chi connectivity index (χ0) is 22.0. The summed E-state index contributed by atoms with van der Waals surface area (Å²) in [5.41, 5.74) is 0.937. The Morgan fingerprint density at radius 1 is 1.16 bits per heavy atom. The lowest BCUT2D eigenvalue weighted by molar-refractivity contribution is -0.880. The average molecular weight is 430 g/mol. The molecule has 0 bridgehead atoms. The summed E-state index contributed by atoms with van der Waals surface area (Å²) in [6, 6.07) is 3.22. The molecule has 1 aromatic carbocycles. The Hall–Kier alpha value is -2.41. The molecule has 0 unspecified atom stereocenters. The van der Waals surface area contributed by atoms with Crippen LogP contribution in [0.5, 0.6) is 0 Å². The van der Waals surface area contributed by atoms with Gasteiger partial charge in [-0.3, -0.25) is 9.59 Å². The average Bonchev–Trinajstić information content (AvgIpc) is 3.03. The molecular weight excluding hydrogens is 395 g/mol. The molecule has 7 heteroatoms. The Labute approximate surface area is 183 Å². The molecule has 1 saturated heterocycles. The number of quaternary nitrogens is 1. The zero-order valence-corrected chi connectivity index (χ0v) is 18.7. The molecular formula is C24H34FN4O2+. The zero-order valence-electron chi connectivity index (χ0n) is 18.7. The van der Waals surface area contributed by atoms with Gasteiger partial charge in [-0.2, -0.15) is 0 Å². The second-order valence-corrected chi connectivity index (χ2v) is 9.08. The predicted molar refractivity (Wildman–Crippen MR) is 122 cm³/mol. The summed E-state index contributed by atoms with van der Waals surface area (Å²) >= 11 is 0. The van der Waals surface area contributed by atoms with Gasteiger partial charge in [0, 0.05) is 24.2 Å². The number of pyridine rings is 1. The van der Waals surface area contributed by atoms with Crippen molar-refractivity contribution in [1.29, 1.82) is 0 Å². The first-order chi connectivity index (χ1) is 15.0. The van der Waals surface area contributed by atoms with Crippen LogP contribution in [0.2, 0.25) is 0 Å². The molecule has 2 N–H and O–H groups in total. The molecule has 1 aliphatic carbocycles. The number of hydrogen-bond donors (Lipinski definition) is 2. The highest BCUT2D eigenvalue weighted by molar-refractivity contribution is 5.98. The van der Waals surface area contributed by atoms with Gasteiger partial charge in [0.1, 0.15) is 11.4 Å². The normalized spacial score (nSPS) is 18.9. The summed E-state index contributed by atoms with van der Waals surface area (Å²) in [6.07, 6.45) is 8.14. The molecule has 1 aromatic heterocycles. The molecule has 168 valence electrons. The maximum absolute atomic E-state index is 15.1. The number of piperazine rings is 1. The Morgan fingerprint density at radius 2 is 1.84 bits per heavy atom. The van der Waals surface area contributed by atoms with Gasteiger partial charge in [0.15, 0.2) is 0 Å². The van der Waals surface area contributed by atoms with Crippen LogP contribution in [0.4, 0.5) is 10.1 Å². The van der Waals surface area contributed by atoms with Crippen molar-refractivity contribution in [3.8, 4) is 0 Å². The summed E-state index contributed by atoms with van der Waals surface area (Å²) in [5.74, 6) is -0.735. The molecule has 31 heavy (non-hydrogen) atoms. The van der Waals surface area contributed by atoms with E-state index in [0.29, 0.717) is 17.7 Å². The van der Waals surface area contributed by atoms with Crippen LogP contribution < -0.4 is 20.5 Å². The Balaban J connectivity index is 1.69. The van der Waals surface area contributed by atoms with E-state index in [4.69, 9.17) is 0 Å². The van der Waals surface area contributed by atoms with Crippen LogP contribution in [0.25, 0.3) is 10.9 Å². The number of anilines is 1. The fourth-order valence-corrected chi connectivity index (χ4v) is 4.88. The van der Waals surface area contributed by atoms with Crippen molar-refractivity contribution in [2.24, 2.45) is 0 Å². The van der Waals surface area contributed by atoms with E-state index < -0.39 is 5.82 Å². The highest BCUT2D eigenvalue weighted by Crippen LogP contribution is 2.25. The number of aromatic nitrogens is 1. The minimum Gasteiger partial charge on any atom is -0.358 e. The number of hydrogen-bond acceptors (Lipinski definition) is 3. The van der Waals surface area contributed by atoms with Crippen LogP contribution >= 0.6 is 0 Å². The fourth-order valence-electron chi connectivity index (χ4n) is 4.88. The summed E-state index contributed by atoms with van der Waals surface area (Å²) in [6.45, 7) is 6.05. The van der Waals surface area contributed by atoms with Crippen LogP contribution in [-0.4, -0.2) is 49.7 Å². The number of fused-ring (bicyclic) bond motifs is 1. The summed E-state index contributed by atoms with van der Waals surface area (Å²) in [4.78, 5) is 29.6. The maximum atomic E-state index is 15.1. The van der Waals surface area contributed by atoms with E-state index in [1.165, 1.54) is 23.8 Å². The topological polar surface area (TPSA) is 58.8 Å². The van der Waals surface area contributed by atoms with Gasteiger partial charge in [-0.25, -0.2) is 4.39 Å². The van der Waals surface area contributed by atoms with Crippen molar-refractivity contribution in [2.75, 3.05) is 38.1 Å². The standard InChI is InChI=1S/C24H33FN4O2/c1-3-28-16-19(24(31)26-17-8-6-4-5-7-9-17)23(30)18-14-20(25)22(15-21(18)28)29-12-10-27(2)11-13-29/h14-17H,3-13H2,1-2H3,(H,26,31)/p+1. The van der Waals surface area contributed by atoms with Crippen LogP contribution in [0.1, 0.15) is 55.8 Å². The number of likely N-dealkylation sites (N-methyl/N-ethyl adjacent to an activating group) is 1. The van der Waals surface area contributed by atoms with E-state index in [2.05, 4.69) is 17.3 Å². The SMILES string of the molecule is CCn1cc(C(=O)NC2CCCCCC2)c(=O)c2cc(F)c(N3CC[NH+](C)CC3)cc21. The highest BCUT2D eigenvalue weighted by Gasteiger charge is 2.23. The van der Waals surface area contributed by atoms with Crippen LogP contribution in [-0.2, 0) is 6.54 Å². The number of halogens is 1. The second-order valence-electron chi connectivity index (χ2n) is 9.08. The molecule has 2 fully saturated rings. The smallest absolute Gasteiger partial charge is 0.256 e. The lowest BCUT2D eigenvalue weighted by Gasteiger charge is -2.32. The molecule has 1 aliphatic heterocycles. The third-order valence-electron chi connectivity index (χ3n) is 6.88. The first-order valence-corrected chi connectivity index (χ1v) is 11.7. The van der Waals surface area contributed by atoms with Gasteiger partial charge >= 0.3 is 0 Å². The Morgan fingerprint density at radius 3 is 2.48 bits per heavy atom. The summed E-state index contributed by atoms with van der Waals surface area (Å²) in [5, 5.41) is 3.33. The number of nitrogens with zero attached hydrogens (tertiary/aromatic N) is 2. The molecule has 1 amide bonds. The lowest BCUT2D eigenvalue weighted by Crippen LogP contribution is -3.12. The maximum Gasteiger partial charge on any atom is 0.256 e. The number of carbonyl (C=O) groups is 1. The number of benzene rings is 1. The minimum absolute atomic E-state index is 0.106. The van der Waals surface area contributed by atoms with E-state index >= 15 is 4.39 Å². The first-order valence-electron chi connectivity index (χ1n) is 11.7. The van der Waals surface area contributed by atoms with Gasteiger partial charge in [-0.05, 0) is 31.9 Å². The molecule has 6 nitrogen and oxygen atoms in total. The van der Waals surface area contributed by atoms with Crippen molar-refractivity contribution in [2.45, 2.75) is 58.0 Å². The minimum atomic E-state index is -0.395. The van der Waals surface area contributed by atoms with Gasteiger partial charge in [-0.15, -0.1) is 0 Å². The number of aryl methyl sites for hydroxylation is 1. The molecule has 0 atom stereocenters. The summed E-state index contributed by atoms with van der Waals surface area (Å²) in [7, 11) is 2.14. The highest BCUT2D eigenvalue weighted by atomic mass is 19.1. The molecule has 2 aliphatic rings. The molecule has 1 saturated carbocycles. The van der Waals surface area contributed by atoms with E-state index in [0.717, 1.165) is 51.9 Å². The lowest BCUT2D eigenvalue weighted by atomic mass is 10.1. The van der Waals surface area contributed by atoms with Crippen molar-refractivity contribution >= 4 is 22.5 Å². The van der Waals surface area contributed by atoms with Crippen LogP contribution in [0.15, 0.2) is 23.1 Å². The van der Waals surface area contributed by atoms with E-state index in [1.54, 1.807) is 12.3 Å². The van der Waals surface area contributed by atoms with Gasteiger partial charge in [0.05, 0.1) is 44.4 Å². The van der Waals surface area contributed by atoms with Gasteiger partial charge in [0.2, 0.25) is 5.43 Å².